The predicted molar refractivity (Wildman–Crippen MR) is 74.9 cm³/mol. The van der Waals surface area contributed by atoms with Crippen LogP contribution in [0.15, 0.2) is 0 Å². The van der Waals surface area contributed by atoms with Gasteiger partial charge in [0.2, 0.25) is 0 Å². The second-order valence-electron chi connectivity index (χ2n) is 4.32. The maximum atomic E-state index is 11.9. The molecule has 0 saturated heterocycles. The summed E-state index contributed by atoms with van der Waals surface area (Å²) in [6.07, 6.45) is 1.83. The van der Waals surface area contributed by atoms with Gasteiger partial charge in [-0.2, -0.15) is 5.10 Å². The molecule has 0 radical (unpaired) electrons. The number of nitrogens with zero attached hydrogens (tertiary/aromatic N) is 2. The SMILES string of the molecule is CCCCn1nc(C)c(C(=O)OCC(=O)NC(N)=O)c1Cl. The van der Waals surface area contributed by atoms with E-state index in [1.54, 1.807) is 12.2 Å². The summed E-state index contributed by atoms with van der Waals surface area (Å²) in [6.45, 7) is 3.61. The lowest BCUT2D eigenvalue weighted by Crippen LogP contribution is -2.37. The maximum absolute atomic E-state index is 11.9. The van der Waals surface area contributed by atoms with Gasteiger partial charge >= 0.3 is 12.0 Å². The minimum Gasteiger partial charge on any atom is -0.452 e. The number of aryl methyl sites for hydroxylation is 2. The highest BCUT2D eigenvalue weighted by molar-refractivity contribution is 6.32. The van der Waals surface area contributed by atoms with Crippen LogP contribution in [-0.4, -0.2) is 34.3 Å². The van der Waals surface area contributed by atoms with Crippen LogP contribution in [0, 0.1) is 6.92 Å². The second-order valence-corrected chi connectivity index (χ2v) is 4.67. The molecule has 0 aliphatic heterocycles. The van der Waals surface area contributed by atoms with Crippen LogP contribution in [0.3, 0.4) is 0 Å². The van der Waals surface area contributed by atoms with Gasteiger partial charge < -0.3 is 10.5 Å². The van der Waals surface area contributed by atoms with Crippen molar-refractivity contribution >= 4 is 29.5 Å². The molecule has 0 atom stereocenters. The third kappa shape index (κ3) is 4.75. The standard InChI is InChI=1S/C12H17ClN4O4/c1-3-4-5-17-10(13)9(7(2)16-17)11(19)21-6-8(18)15-12(14)20/h3-6H2,1-2H3,(H3,14,15,18,20). The molecule has 1 rings (SSSR count). The van der Waals surface area contributed by atoms with Gasteiger partial charge in [-0.25, -0.2) is 9.59 Å². The lowest BCUT2D eigenvalue weighted by Gasteiger charge is -2.04. The minimum atomic E-state index is -1.02. The first-order valence-electron chi connectivity index (χ1n) is 6.36. The van der Waals surface area contributed by atoms with E-state index in [-0.39, 0.29) is 10.7 Å². The number of primary amides is 1. The number of amides is 3. The van der Waals surface area contributed by atoms with Gasteiger partial charge in [0.15, 0.2) is 6.61 Å². The number of hydrogen-bond acceptors (Lipinski definition) is 5. The first kappa shape index (κ1) is 17.0. The van der Waals surface area contributed by atoms with Crippen LogP contribution in [0.1, 0.15) is 35.8 Å². The van der Waals surface area contributed by atoms with Crippen molar-refractivity contribution in [2.75, 3.05) is 6.61 Å². The molecule has 0 fully saturated rings. The zero-order valence-corrected chi connectivity index (χ0v) is 12.6. The van der Waals surface area contributed by atoms with Crippen molar-refractivity contribution in [2.24, 2.45) is 5.73 Å². The molecule has 0 spiro atoms. The van der Waals surface area contributed by atoms with E-state index in [4.69, 9.17) is 22.1 Å². The molecule has 21 heavy (non-hydrogen) atoms. The van der Waals surface area contributed by atoms with Crippen molar-refractivity contribution in [3.8, 4) is 0 Å². The van der Waals surface area contributed by atoms with E-state index >= 15 is 0 Å². The van der Waals surface area contributed by atoms with Crippen molar-refractivity contribution in [1.29, 1.82) is 0 Å². The second kappa shape index (κ2) is 7.63. The number of carbonyl (C=O) groups is 3. The number of rotatable bonds is 6. The summed E-state index contributed by atoms with van der Waals surface area (Å²) in [5.74, 6) is -1.59. The Balaban J connectivity index is 2.72. The van der Waals surface area contributed by atoms with Crippen LogP contribution < -0.4 is 11.1 Å². The summed E-state index contributed by atoms with van der Waals surface area (Å²) in [7, 11) is 0. The quantitative estimate of drug-likeness (QED) is 0.759. The number of nitrogens with two attached hydrogens (primary N) is 1. The number of halogens is 1. The molecule has 3 N–H and O–H groups in total. The fraction of sp³-hybridized carbons (Fsp3) is 0.500. The van der Waals surface area contributed by atoms with Crippen LogP contribution in [-0.2, 0) is 16.1 Å². The smallest absolute Gasteiger partial charge is 0.343 e. The fourth-order valence-electron chi connectivity index (χ4n) is 1.62. The molecule has 9 heteroatoms. The number of carbonyl (C=O) groups excluding carboxylic acids is 3. The molecule has 0 bridgehead atoms. The van der Waals surface area contributed by atoms with Crippen molar-refractivity contribution in [1.82, 2.24) is 15.1 Å². The summed E-state index contributed by atoms with van der Waals surface area (Å²) in [4.78, 5) is 33.5. The molecule has 0 aromatic carbocycles. The average Bonchev–Trinajstić information content (AvgIpc) is 2.67. The number of hydrogen-bond donors (Lipinski definition) is 2. The van der Waals surface area contributed by atoms with Gasteiger partial charge in [-0.05, 0) is 13.3 Å². The van der Waals surface area contributed by atoms with Crippen molar-refractivity contribution in [3.63, 3.8) is 0 Å². The van der Waals surface area contributed by atoms with Crippen LogP contribution in [0.2, 0.25) is 5.15 Å². The van der Waals surface area contributed by atoms with Gasteiger partial charge in [0.25, 0.3) is 5.91 Å². The lowest BCUT2D eigenvalue weighted by atomic mass is 10.3. The number of ether oxygens (including phenoxy) is 1. The number of aromatic nitrogens is 2. The Labute approximate surface area is 126 Å². The average molecular weight is 317 g/mol. The molecule has 0 saturated carbocycles. The van der Waals surface area contributed by atoms with Crippen LogP contribution in [0.4, 0.5) is 4.79 Å². The fourth-order valence-corrected chi connectivity index (χ4v) is 1.95. The zero-order chi connectivity index (χ0) is 16.0. The van der Waals surface area contributed by atoms with Crippen molar-refractivity contribution in [3.05, 3.63) is 16.4 Å². The highest BCUT2D eigenvalue weighted by atomic mass is 35.5. The summed E-state index contributed by atoms with van der Waals surface area (Å²) in [6, 6.07) is -1.02. The lowest BCUT2D eigenvalue weighted by molar-refractivity contribution is -0.123. The maximum Gasteiger partial charge on any atom is 0.343 e. The first-order chi connectivity index (χ1) is 9.86. The Morgan fingerprint density at radius 1 is 1.43 bits per heavy atom. The molecular formula is C12H17ClN4O4. The minimum absolute atomic E-state index is 0.111. The Morgan fingerprint density at radius 3 is 2.67 bits per heavy atom. The van der Waals surface area contributed by atoms with Gasteiger partial charge in [0.1, 0.15) is 10.7 Å². The molecule has 1 aromatic heterocycles. The van der Waals surface area contributed by atoms with Gasteiger partial charge in [0.05, 0.1) is 5.69 Å². The van der Waals surface area contributed by atoms with E-state index in [9.17, 15) is 14.4 Å². The molecule has 0 aliphatic rings. The number of esters is 1. The predicted octanol–water partition coefficient (Wildman–Crippen LogP) is 0.997. The third-order valence-corrected chi connectivity index (χ3v) is 2.97. The molecule has 116 valence electrons. The molecule has 1 aromatic rings. The zero-order valence-electron chi connectivity index (χ0n) is 11.8. The van der Waals surface area contributed by atoms with Crippen LogP contribution in [0.5, 0.6) is 0 Å². The summed E-state index contributed by atoms with van der Waals surface area (Å²) >= 11 is 6.08. The third-order valence-electron chi connectivity index (χ3n) is 2.59. The molecule has 3 amide bonds. The first-order valence-corrected chi connectivity index (χ1v) is 6.73. The summed E-state index contributed by atoms with van der Waals surface area (Å²) < 4.78 is 6.29. The molecular weight excluding hydrogens is 300 g/mol. The van der Waals surface area contributed by atoms with E-state index in [1.165, 1.54) is 4.68 Å². The number of urea groups is 1. The largest absolute Gasteiger partial charge is 0.452 e. The molecule has 0 aliphatic carbocycles. The van der Waals surface area contributed by atoms with E-state index in [1.807, 2.05) is 6.92 Å². The topological polar surface area (TPSA) is 116 Å². The Hall–Kier alpha value is -2.09. The Morgan fingerprint density at radius 2 is 2.10 bits per heavy atom. The van der Waals surface area contributed by atoms with Crippen LogP contribution >= 0.6 is 11.6 Å². The highest BCUT2D eigenvalue weighted by Crippen LogP contribution is 2.21. The van der Waals surface area contributed by atoms with Crippen molar-refractivity contribution in [2.45, 2.75) is 33.2 Å². The normalized spacial score (nSPS) is 10.2. The van der Waals surface area contributed by atoms with Crippen LogP contribution in [0.25, 0.3) is 0 Å². The Bertz CT molecular complexity index is 556. The van der Waals surface area contributed by atoms with E-state index in [0.29, 0.717) is 12.2 Å². The Kier molecular flexibility index (Phi) is 6.16. The van der Waals surface area contributed by atoms with Crippen molar-refractivity contribution < 1.29 is 19.1 Å². The molecule has 0 unspecified atom stereocenters. The van der Waals surface area contributed by atoms with E-state index in [0.717, 1.165) is 12.8 Å². The van der Waals surface area contributed by atoms with Gasteiger partial charge in [-0.3, -0.25) is 14.8 Å². The molecule has 1 heterocycles. The van der Waals surface area contributed by atoms with E-state index in [2.05, 4.69) is 5.10 Å². The summed E-state index contributed by atoms with van der Waals surface area (Å²) in [5, 5.41) is 6.10. The summed E-state index contributed by atoms with van der Waals surface area (Å²) in [5.41, 5.74) is 5.29. The number of nitrogens with one attached hydrogen (secondary N) is 1. The van der Waals surface area contributed by atoms with E-state index < -0.39 is 24.5 Å². The monoisotopic (exact) mass is 316 g/mol. The van der Waals surface area contributed by atoms with Gasteiger partial charge in [-0.1, -0.05) is 24.9 Å². The van der Waals surface area contributed by atoms with Gasteiger partial charge in [-0.15, -0.1) is 0 Å². The highest BCUT2D eigenvalue weighted by Gasteiger charge is 2.22. The number of unbranched alkanes of at least 4 members (excludes halogenated alkanes) is 1. The van der Waals surface area contributed by atoms with Gasteiger partial charge in [0, 0.05) is 6.54 Å². The number of imide groups is 1. The molecule has 8 nitrogen and oxygen atoms in total.